The van der Waals surface area contributed by atoms with Crippen LogP contribution in [0.3, 0.4) is 0 Å². The van der Waals surface area contributed by atoms with Crippen LogP contribution < -0.4 is 0 Å². The molecule has 2 rings (SSSR count). The maximum absolute atomic E-state index is 11.8. The molecule has 2 fully saturated rings. The Kier molecular flexibility index (Phi) is 5.70. The summed E-state index contributed by atoms with van der Waals surface area (Å²) in [5, 5.41) is 11.8. The highest BCUT2D eigenvalue weighted by molar-refractivity contribution is 6.33. The fraction of sp³-hybridized carbons (Fsp3) is 1.00. The zero-order valence-electron chi connectivity index (χ0n) is 15.5. The molecule has 127 valence electrons. The minimum absolute atomic E-state index is 0.124. The Labute approximate surface area is 138 Å². The Morgan fingerprint density at radius 1 is 1.23 bits per heavy atom. The van der Waals surface area contributed by atoms with Crippen molar-refractivity contribution in [1.82, 2.24) is 0 Å². The predicted octanol–water partition coefficient (Wildman–Crippen LogP) is 4.70. The van der Waals surface area contributed by atoms with Gasteiger partial charge in [-0.2, -0.15) is 0 Å². The summed E-state index contributed by atoms with van der Waals surface area (Å²) in [5.41, 5.74) is -0.384. The lowest BCUT2D eigenvalue weighted by molar-refractivity contribution is -0.199. The average molecular weight is 307 g/mol. The summed E-state index contributed by atoms with van der Waals surface area (Å²) in [4.78, 5) is 0. The smallest absolute Gasteiger partial charge is 0.106 e. The Morgan fingerprint density at radius 2 is 1.95 bits per heavy atom. The van der Waals surface area contributed by atoms with Crippen molar-refractivity contribution >= 4 is 7.28 Å². The van der Waals surface area contributed by atoms with Gasteiger partial charge in [0.05, 0.1) is 11.2 Å². The third kappa shape index (κ3) is 2.67. The standard InChI is InChI=1S/C19H36BO2/c1-6-9-17-10-8-11-18(7-2,22-5)16(17)19(21,13-12-17)15(3)14-20-4/h15-16,21H,6-14H2,1-5H3. The summed E-state index contributed by atoms with van der Waals surface area (Å²) in [6.45, 7) is 8.90. The highest BCUT2D eigenvalue weighted by Crippen LogP contribution is 2.65. The van der Waals surface area contributed by atoms with Crippen LogP contribution in [0.4, 0.5) is 0 Å². The van der Waals surface area contributed by atoms with Crippen LogP contribution in [0, 0.1) is 17.3 Å². The van der Waals surface area contributed by atoms with Gasteiger partial charge < -0.3 is 9.84 Å². The number of aliphatic hydroxyl groups is 1. The van der Waals surface area contributed by atoms with E-state index >= 15 is 0 Å². The molecule has 0 aromatic carbocycles. The second kappa shape index (κ2) is 6.85. The molecular formula is C19H36BO2. The first kappa shape index (κ1) is 18.3. The molecule has 2 saturated carbocycles. The lowest BCUT2D eigenvalue weighted by Crippen LogP contribution is -2.60. The van der Waals surface area contributed by atoms with Crippen LogP contribution in [0.25, 0.3) is 0 Å². The van der Waals surface area contributed by atoms with Crippen molar-refractivity contribution in [3.8, 4) is 0 Å². The largest absolute Gasteiger partial charge is 0.389 e. The summed E-state index contributed by atoms with van der Waals surface area (Å²) in [5.74, 6) is 0.617. The Balaban J connectivity index is 2.46. The van der Waals surface area contributed by atoms with Crippen LogP contribution in [0.2, 0.25) is 13.1 Å². The number of hydrogen-bond acceptors (Lipinski definition) is 2. The minimum Gasteiger partial charge on any atom is -0.389 e. The van der Waals surface area contributed by atoms with Gasteiger partial charge in [0.15, 0.2) is 0 Å². The van der Waals surface area contributed by atoms with Crippen LogP contribution in [0.5, 0.6) is 0 Å². The van der Waals surface area contributed by atoms with Crippen LogP contribution >= 0.6 is 0 Å². The quantitative estimate of drug-likeness (QED) is 0.691. The third-order valence-electron chi connectivity index (χ3n) is 7.13. The van der Waals surface area contributed by atoms with Crippen molar-refractivity contribution in [3.05, 3.63) is 0 Å². The van der Waals surface area contributed by atoms with Crippen molar-refractivity contribution in [1.29, 1.82) is 0 Å². The molecule has 0 aromatic rings. The minimum atomic E-state index is -0.561. The van der Waals surface area contributed by atoms with Crippen molar-refractivity contribution in [2.75, 3.05) is 7.11 Å². The SMILES string of the molecule is C[B]CC(C)C1(O)CCC2(CCC)CCCC(CC)(OC)C21. The molecule has 2 aliphatic rings. The first-order chi connectivity index (χ1) is 10.4. The van der Waals surface area contributed by atoms with Gasteiger partial charge in [0, 0.05) is 13.0 Å². The predicted molar refractivity (Wildman–Crippen MR) is 94.5 cm³/mol. The first-order valence-corrected chi connectivity index (χ1v) is 9.50. The summed E-state index contributed by atoms with van der Waals surface area (Å²) in [6, 6.07) is 0. The molecule has 3 heteroatoms. The monoisotopic (exact) mass is 307 g/mol. The molecule has 0 heterocycles. The van der Waals surface area contributed by atoms with Crippen molar-refractivity contribution in [2.45, 2.75) is 96.5 Å². The zero-order valence-corrected chi connectivity index (χ0v) is 15.5. The van der Waals surface area contributed by atoms with E-state index in [2.05, 4.69) is 34.9 Å². The van der Waals surface area contributed by atoms with Crippen molar-refractivity contribution < 1.29 is 9.84 Å². The number of rotatable bonds is 7. The molecular weight excluding hydrogens is 271 g/mol. The van der Waals surface area contributed by atoms with E-state index in [1.54, 1.807) is 0 Å². The van der Waals surface area contributed by atoms with Gasteiger partial charge in [-0.1, -0.05) is 46.8 Å². The summed E-state index contributed by atoms with van der Waals surface area (Å²) >= 11 is 0. The second-order valence-corrected chi connectivity index (χ2v) is 8.06. The first-order valence-electron chi connectivity index (χ1n) is 9.50. The molecule has 1 N–H and O–H groups in total. The van der Waals surface area contributed by atoms with Gasteiger partial charge in [0.2, 0.25) is 0 Å². The molecule has 0 spiro atoms. The molecule has 5 atom stereocenters. The molecule has 0 aromatic heterocycles. The number of methoxy groups -OCH3 is 1. The van der Waals surface area contributed by atoms with Crippen LogP contribution in [0.1, 0.15) is 72.1 Å². The number of fused-ring (bicyclic) bond motifs is 1. The molecule has 22 heavy (non-hydrogen) atoms. The highest BCUT2D eigenvalue weighted by Gasteiger charge is 2.65. The van der Waals surface area contributed by atoms with Gasteiger partial charge in [0.1, 0.15) is 7.28 Å². The number of ether oxygens (including phenoxy) is 1. The van der Waals surface area contributed by atoms with Crippen molar-refractivity contribution in [3.63, 3.8) is 0 Å². The lowest BCUT2D eigenvalue weighted by atomic mass is 9.53. The highest BCUT2D eigenvalue weighted by atomic mass is 16.5. The molecule has 1 radical (unpaired) electrons. The second-order valence-electron chi connectivity index (χ2n) is 8.06. The van der Waals surface area contributed by atoms with E-state index in [1.807, 2.05) is 7.11 Å². The average Bonchev–Trinajstić information content (AvgIpc) is 2.83. The molecule has 0 saturated heterocycles. The Morgan fingerprint density at radius 3 is 2.50 bits per heavy atom. The van der Waals surface area contributed by atoms with E-state index < -0.39 is 5.60 Å². The number of hydrogen-bond donors (Lipinski definition) is 1. The maximum atomic E-state index is 11.8. The lowest BCUT2D eigenvalue weighted by Gasteiger charge is -2.56. The van der Waals surface area contributed by atoms with Gasteiger partial charge in [0.25, 0.3) is 0 Å². The third-order valence-corrected chi connectivity index (χ3v) is 7.13. The zero-order chi connectivity index (χ0) is 16.4. The van der Waals surface area contributed by atoms with E-state index in [0.29, 0.717) is 17.3 Å². The summed E-state index contributed by atoms with van der Waals surface area (Å²) < 4.78 is 6.17. The van der Waals surface area contributed by atoms with Gasteiger partial charge >= 0.3 is 0 Å². The Bertz CT molecular complexity index is 364. The van der Waals surface area contributed by atoms with E-state index in [0.717, 1.165) is 25.6 Å². The molecule has 0 bridgehead atoms. The summed E-state index contributed by atoms with van der Waals surface area (Å²) in [6.07, 6.45) is 10.3. The molecule has 5 unspecified atom stereocenters. The molecule has 0 aliphatic heterocycles. The van der Waals surface area contributed by atoms with E-state index in [9.17, 15) is 5.11 Å². The van der Waals surface area contributed by atoms with Crippen LogP contribution in [-0.2, 0) is 4.74 Å². The van der Waals surface area contributed by atoms with E-state index in [4.69, 9.17) is 4.74 Å². The molecule has 2 aliphatic carbocycles. The van der Waals surface area contributed by atoms with Gasteiger partial charge in [-0.25, -0.2) is 0 Å². The van der Waals surface area contributed by atoms with E-state index in [-0.39, 0.29) is 5.60 Å². The van der Waals surface area contributed by atoms with Gasteiger partial charge in [-0.05, 0) is 49.9 Å². The summed E-state index contributed by atoms with van der Waals surface area (Å²) in [7, 11) is 4.09. The topological polar surface area (TPSA) is 29.5 Å². The van der Waals surface area contributed by atoms with Crippen molar-refractivity contribution in [2.24, 2.45) is 17.3 Å². The fourth-order valence-electron chi connectivity index (χ4n) is 6.16. The van der Waals surface area contributed by atoms with Gasteiger partial charge in [-0.15, -0.1) is 0 Å². The van der Waals surface area contributed by atoms with Crippen LogP contribution in [-0.4, -0.2) is 30.7 Å². The fourth-order valence-corrected chi connectivity index (χ4v) is 6.16. The molecule has 2 nitrogen and oxygen atoms in total. The van der Waals surface area contributed by atoms with Gasteiger partial charge in [-0.3, -0.25) is 0 Å². The van der Waals surface area contributed by atoms with Crippen LogP contribution in [0.15, 0.2) is 0 Å². The maximum Gasteiger partial charge on any atom is 0.106 e. The molecule has 0 amide bonds. The Hall–Kier alpha value is -0.0151. The van der Waals surface area contributed by atoms with E-state index in [1.165, 1.54) is 32.1 Å². The normalized spacial score (nSPS) is 42.9.